The second-order valence-corrected chi connectivity index (χ2v) is 5.44. The highest BCUT2D eigenvalue weighted by Crippen LogP contribution is 2.24. The zero-order valence-corrected chi connectivity index (χ0v) is 10.3. The number of nitrogens with one attached hydrogen (secondary N) is 1. The summed E-state index contributed by atoms with van der Waals surface area (Å²) in [6.45, 7) is 16.1. The van der Waals surface area contributed by atoms with Gasteiger partial charge in [0, 0.05) is 0 Å². The van der Waals surface area contributed by atoms with Crippen LogP contribution in [0, 0.1) is 17.3 Å². The molecule has 0 aliphatic carbocycles. The van der Waals surface area contributed by atoms with Crippen molar-refractivity contribution in [2.75, 3.05) is 13.1 Å². The first-order valence-corrected chi connectivity index (χ1v) is 5.58. The van der Waals surface area contributed by atoms with Crippen molar-refractivity contribution in [3.63, 3.8) is 0 Å². The fourth-order valence-electron chi connectivity index (χ4n) is 0.997. The van der Waals surface area contributed by atoms with E-state index in [1.807, 2.05) is 0 Å². The van der Waals surface area contributed by atoms with Crippen molar-refractivity contribution in [2.45, 2.75) is 48.0 Å². The Hall–Kier alpha value is -0.0400. The van der Waals surface area contributed by atoms with Crippen LogP contribution in [0.5, 0.6) is 0 Å². The van der Waals surface area contributed by atoms with E-state index in [4.69, 9.17) is 0 Å². The van der Waals surface area contributed by atoms with E-state index in [2.05, 4.69) is 46.9 Å². The normalized spacial score (nSPS) is 17.1. The van der Waals surface area contributed by atoms with Gasteiger partial charge in [0.1, 0.15) is 0 Å². The topological polar surface area (TPSA) is 12.0 Å². The van der Waals surface area contributed by atoms with E-state index in [9.17, 15) is 0 Å². The molecule has 2 unspecified atom stereocenters. The van der Waals surface area contributed by atoms with Gasteiger partial charge in [0.15, 0.2) is 0 Å². The molecule has 0 spiro atoms. The lowest BCUT2D eigenvalue weighted by molar-refractivity contribution is 0.249. The van der Waals surface area contributed by atoms with E-state index in [1.54, 1.807) is 0 Å². The molecule has 0 saturated heterocycles. The van der Waals surface area contributed by atoms with Crippen molar-refractivity contribution < 1.29 is 0 Å². The zero-order chi connectivity index (χ0) is 10.5. The minimum atomic E-state index is 0.433. The molecule has 0 aromatic carbocycles. The molecule has 0 bridgehead atoms. The smallest absolute Gasteiger partial charge is 0.00180 e. The van der Waals surface area contributed by atoms with Crippen LogP contribution in [0.4, 0.5) is 0 Å². The molecule has 0 aliphatic heterocycles. The van der Waals surface area contributed by atoms with E-state index in [0.29, 0.717) is 5.41 Å². The van der Waals surface area contributed by atoms with E-state index >= 15 is 0 Å². The van der Waals surface area contributed by atoms with Crippen LogP contribution in [0.3, 0.4) is 0 Å². The molecule has 0 heterocycles. The minimum Gasteiger partial charge on any atom is -0.316 e. The monoisotopic (exact) mass is 185 g/mol. The van der Waals surface area contributed by atoms with E-state index in [0.717, 1.165) is 24.9 Å². The summed E-state index contributed by atoms with van der Waals surface area (Å²) in [5.41, 5.74) is 0.433. The molecule has 0 aromatic heterocycles. The largest absolute Gasteiger partial charge is 0.316 e. The lowest BCUT2D eigenvalue weighted by Gasteiger charge is -2.27. The third kappa shape index (κ3) is 6.09. The number of hydrogen-bond acceptors (Lipinski definition) is 1. The summed E-state index contributed by atoms with van der Waals surface area (Å²) in [5.74, 6) is 1.56. The van der Waals surface area contributed by atoms with Crippen molar-refractivity contribution in [3.8, 4) is 0 Å². The average molecular weight is 185 g/mol. The summed E-state index contributed by atoms with van der Waals surface area (Å²) in [4.78, 5) is 0. The molecule has 0 amide bonds. The van der Waals surface area contributed by atoms with Gasteiger partial charge in [0.25, 0.3) is 0 Å². The van der Waals surface area contributed by atoms with Crippen LogP contribution in [0.2, 0.25) is 0 Å². The van der Waals surface area contributed by atoms with Crippen LogP contribution < -0.4 is 5.32 Å². The van der Waals surface area contributed by atoms with Crippen LogP contribution in [0.1, 0.15) is 48.0 Å². The summed E-state index contributed by atoms with van der Waals surface area (Å²) in [6.07, 6.45) is 1.27. The van der Waals surface area contributed by atoms with Gasteiger partial charge < -0.3 is 5.32 Å². The van der Waals surface area contributed by atoms with Crippen LogP contribution >= 0.6 is 0 Å². The Balaban J connectivity index is 3.54. The van der Waals surface area contributed by atoms with E-state index in [1.165, 1.54) is 6.42 Å². The number of rotatable bonds is 5. The Morgan fingerprint density at radius 3 is 2.00 bits per heavy atom. The summed E-state index contributed by atoms with van der Waals surface area (Å²) in [7, 11) is 0. The summed E-state index contributed by atoms with van der Waals surface area (Å²) in [5, 5.41) is 3.54. The Morgan fingerprint density at radius 2 is 1.62 bits per heavy atom. The molecule has 0 radical (unpaired) electrons. The molecule has 0 fully saturated rings. The van der Waals surface area contributed by atoms with Gasteiger partial charge in [-0.2, -0.15) is 0 Å². The van der Waals surface area contributed by atoms with Gasteiger partial charge in [-0.15, -0.1) is 0 Å². The Bertz CT molecular complexity index is 124. The molecular formula is C12H27N. The second-order valence-electron chi connectivity index (χ2n) is 5.44. The first kappa shape index (κ1) is 13.0. The molecule has 0 aromatic rings. The SMILES string of the molecule is CCC(C)CNCC(C)C(C)(C)C. The molecule has 2 atom stereocenters. The van der Waals surface area contributed by atoms with Crippen LogP contribution in [-0.4, -0.2) is 13.1 Å². The van der Waals surface area contributed by atoms with E-state index < -0.39 is 0 Å². The Morgan fingerprint density at radius 1 is 1.08 bits per heavy atom. The number of hydrogen-bond donors (Lipinski definition) is 1. The third-order valence-corrected chi connectivity index (χ3v) is 3.12. The quantitative estimate of drug-likeness (QED) is 0.693. The van der Waals surface area contributed by atoms with Crippen LogP contribution in [0.15, 0.2) is 0 Å². The second kappa shape index (κ2) is 5.64. The van der Waals surface area contributed by atoms with Gasteiger partial charge in [-0.05, 0) is 30.3 Å². The van der Waals surface area contributed by atoms with Gasteiger partial charge in [0.2, 0.25) is 0 Å². The van der Waals surface area contributed by atoms with Crippen molar-refractivity contribution in [1.82, 2.24) is 5.32 Å². The molecule has 1 N–H and O–H groups in total. The molecule has 0 saturated carbocycles. The van der Waals surface area contributed by atoms with Crippen LogP contribution in [-0.2, 0) is 0 Å². The Labute approximate surface area is 84.3 Å². The highest BCUT2D eigenvalue weighted by molar-refractivity contribution is 4.72. The van der Waals surface area contributed by atoms with Gasteiger partial charge in [-0.3, -0.25) is 0 Å². The molecule has 13 heavy (non-hydrogen) atoms. The van der Waals surface area contributed by atoms with Crippen molar-refractivity contribution in [3.05, 3.63) is 0 Å². The van der Waals surface area contributed by atoms with Crippen molar-refractivity contribution in [1.29, 1.82) is 0 Å². The molecule has 1 nitrogen and oxygen atoms in total. The lowest BCUT2D eigenvalue weighted by Crippen LogP contribution is -2.32. The lowest BCUT2D eigenvalue weighted by atomic mass is 9.82. The fourth-order valence-corrected chi connectivity index (χ4v) is 0.997. The predicted molar refractivity (Wildman–Crippen MR) is 60.9 cm³/mol. The first-order chi connectivity index (χ1) is 5.88. The first-order valence-electron chi connectivity index (χ1n) is 5.58. The van der Waals surface area contributed by atoms with Gasteiger partial charge in [0.05, 0.1) is 0 Å². The average Bonchev–Trinajstić information content (AvgIpc) is 2.02. The summed E-state index contributed by atoms with van der Waals surface area (Å²) in [6, 6.07) is 0. The standard InChI is InChI=1S/C12H27N/c1-7-10(2)8-13-9-11(3)12(4,5)6/h10-11,13H,7-9H2,1-6H3. The molecular weight excluding hydrogens is 158 g/mol. The van der Waals surface area contributed by atoms with Crippen molar-refractivity contribution >= 4 is 0 Å². The molecule has 0 rings (SSSR count). The molecule has 80 valence electrons. The Kier molecular flexibility index (Phi) is 5.62. The predicted octanol–water partition coefficient (Wildman–Crippen LogP) is 3.30. The maximum absolute atomic E-state index is 3.54. The van der Waals surface area contributed by atoms with Gasteiger partial charge in [-0.25, -0.2) is 0 Å². The zero-order valence-electron chi connectivity index (χ0n) is 10.3. The molecule has 0 aliphatic rings. The van der Waals surface area contributed by atoms with Crippen LogP contribution in [0.25, 0.3) is 0 Å². The van der Waals surface area contributed by atoms with Gasteiger partial charge in [-0.1, -0.05) is 48.0 Å². The molecule has 1 heteroatoms. The summed E-state index contributed by atoms with van der Waals surface area (Å²) < 4.78 is 0. The minimum absolute atomic E-state index is 0.433. The maximum Gasteiger partial charge on any atom is -0.00180 e. The van der Waals surface area contributed by atoms with Crippen molar-refractivity contribution in [2.24, 2.45) is 17.3 Å². The maximum atomic E-state index is 3.54. The highest BCUT2D eigenvalue weighted by atomic mass is 14.9. The fraction of sp³-hybridized carbons (Fsp3) is 1.00. The summed E-state index contributed by atoms with van der Waals surface area (Å²) >= 11 is 0. The van der Waals surface area contributed by atoms with E-state index in [-0.39, 0.29) is 0 Å². The third-order valence-electron chi connectivity index (χ3n) is 3.12. The highest BCUT2D eigenvalue weighted by Gasteiger charge is 2.19. The van der Waals surface area contributed by atoms with Gasteiger partial charge >= 0.3 is 0 Å².